The van der Waals surface area contributed by atoms with Crippen LogP contribution in [0.15, 0.2) is 35.7 Å². The third-order valence-electron chi connectivity index (χ3n) is 2.70. The molecule has 0 bridgehead atoms. The molecule has 0 N–H and O–H groups in total. The summed E-state index contributed by atoms with van der Waals surface area (Å²) in [7, 11) is 0. The minimum absolute atomic E-state index is 0.0148. The number of hydrogen-bond donors (Lipinski definition) is 0. The molecule has 2 aromatic heterocycles. The molecule has 4 heteroatoms. The van der Waals surface area contributed by atoms with Crippen molar-refractivity contribution in [1.82, 2.24) is 0 Å². The lowest BCUT2D eigenvalue weighted by Crippen LogP contribution is -1.95. The van der Waals surface area contributed by atoms with Gasteiger partial charge in [0.05, 0.1) is 4.88 Å². The molecule has 0 aliphatic rings. The molecule has 1 aromatic carbocycles. The SMILES string of the molecule is Cc1cc(C(=O)c2cc3ccc(F)cc3s2)cs1. The molecule has 3 aromatic rings. The van der Waals surface area contributed by atoms with Gasteiger partial charge >= 0.3 is 0 Å². The van der Waals surface area contributed by atoms with Gasteiger partial charge in [0.2, 0.25) is 5.78 Å². The standard InChI is InChI=1S/C14H9FOS2/c1-8-4-10(7-17-8)14(16)13-5-9-2-3-11(15)6-12(9)18-13/h2-7H,1H3. The molecule has 1 nitrogen and oxygen atoms in total. The Morgan fingerprint density at radius 1 is 1.22 bits per heavy atom. The van der Waals surface area contributed by atoms with Crippen LogP contribution >= 0.6 is 22.7 Å². The number of hydrogen-bond acceptors (Lipinski definition) is 3. The summed E-state index contributed by atoms with van der Waals surface area (Å²) in [6, 6.07) is 8.30. The van der Waals surface area contributed by atoms with E-state index >= 15 is 0 Å². The van der Waals surface area contributed by atoms with Gasteiger partial charge < -0.3 is 0 Å². The van der Waals surface area contributed by atoms with E-state index in [0.717, 1.165) is 15.0 Å². The van der Waals surface area contributed by atoms with E-state index in [1.54, 1.807) is 17.4 Å². The van der Waals surface area contributed by atoms with Crippen LogP contribution in [-0.4, -0.2) is 5.78 Å². The first kappa shape index (κ1) is 11.6. The zero-order chi connectivity index (χ0) is 12.7. The van der Waals surface area contributed by atoms with E-state index in [-0.39, 0.29) is 11.6 Å². The Hall–Kier alpha value is -1.52. The molecule has 0 atom stereocenters. The molecule has 2 heterocycles. The van der Waals surface area contributed by atoms with Gasteiger partial charge in [-0.3, -0.25) is 4.79 Å². The van der Waals surface area contributed by atoms with Crippen LogP contribution in [0, 0.1) is 12.7 Å². The highest BCUT2D eigenvalue weighted by Crippen LogP contribution is 2.29. The third kappa shape index (κ3) is 1.98. The highest BCUT2D eigenvalue weighted by Gasteiger charge is 2.14. The van der Waals surface area contributed by atoms with Gasteiger partial charge in [-0.1, -0.05) is 6.07 Å². The Morgan fingerprint density at radius 2 is 2.06 bits per heavy atom. The molecular weight excluding hydrogens is 267 g/mol. The number of halogens is 1. The zero-order valence-electron chi connectivity index (χ0n) is 9.57. The second-order valence-electron chi connectivity index (χ2n) is 4.07. The van der Waals surface area contributed by atoms with Crippen molar-refractivity contribution in [2.24, 2.45) is 0 Å². The number of aryl methyl sites for hydroxylation is 1. The Labute approximate surface area is 112 Å². The molecule has 18 heavy (non-hydrogen) atoms. The maximum absolute atomic E-state index is 13.1. The average molecular weight is 276 g/mol. The average Bonchev–Trinajstić information content (AvgIpc) is 2.93. The van der Waals surface area contributed by atoms with E-state index in [1.807, 2.05) is 24.4 Å². The first-order valence-electron chi connectivity index (χ1n) is 5.42. The van der Waals surface area contributed by atoms with Crippen LogP contribution in [0.5, 0.6) is 0 Å². The highest BCUT2D eigenvalue weighted by atomic mass is 32.1. The first-order valence-corrected chi connectivity index (χ1v) is 7.12. The topological polar surface area (TPSA) is 17.1 Å². The molecular formula is C14H9FOS2. The maximum atomic E-state index is 13.1. The van der Waals surface area contributed by atoms with Crippen molar-refractivity contribution in [3.63, 3.8) is 0 Å². The molecule has 0 saturated carbocycles. The Morgan fingerprint density at radius 3 is 2.78 bits per heavy atom. The van der Waals surface area contributed by atoms with E-state index < -0.39 is 0 Å². The predicted octanol–water partition coefficient (Wildman–Crippen LogP) is 4.64. The van der Waals surface area contributed by atoms with Crippen LogP contribution in [-0.2, 0) is 0 Å². The molecule has 0 fully saturated rings. The lowest BCUT2D eigenvalue weighted by Gasteiger charge is -1.91. The van der Waals surface area contributed by atoms with Gasteiger partial charge in [-0.05, 0) is 36.6 Å². The van der Waals surface area contributed by atoms with Crippen molar-refractivity contribution in [3.05, 3.63) is 56.8 Å². The van der Waals surface area contributed by atoms with Crippen molar-refractivity contribution in [2.75, 3.05) is 0 Å². The van der Waals surface area contributed by atoms with Gasteiger partial charge in [0, 0.05) is 20.5 Å². The fraction of sp³-hybridized carbons (Fsp3) is 0.0714. The van der Waals surface area contributed by atoms with Crippen LogP contribution in [0.4, 0.5) is 4.39 Å². The molecule has 0 amide bonds. The number of carbonyl (C=O) groups is 1. The summed E-state index contributed by atoms with van der Waals surface area (Å²) in [4.78, 5) is 14.0. The summed E-state index contributed by atoms with van der Waals surface area (Å²) < 4.78 is 13.9. The summed E-state index contributed by atoms with van der Waals surface area (Å²) in [6.07, 6.45) is 0. The third-order valence-corrected chi connectivity index (χ3v) is 4.66. The van der Waals surface area contributed by atoms with Crippen LogP contribution in [0.3, 0.4) is 0 Å². The minimum Gasteiger partial charge on any atom is -0.288 e. The molecule has 0 saturated heterocycles. The van der Waals surface area contributed by atoms with E-state index in [9.17, 15) is 9.18 Å². The minimum atomic E-state index is -0.269. The number of carbonyl (C=O) groups excluding carboxylic acids is 1. The molecule has 0 aliphatic carbocycles. The summed E-state index contributed by atoms with van der Waals surface area (Å²) in [5.41, 5.74) is 0.713. The summed E-state index contributed by atoms with van der Waals surface area (Å²) in [5.74, 6) is -0.254. The van der Waals surface area contributed by atoms with E-state index in [1.165, 1.54) is 23.5 Å². The molecule has 0 aliphatic heterocycles. The predicted molar refractivity (Wildman–Crippen MR) is 74.3 cm³/mol. The van der Waals surface area contributed by atoms with Crippen LogP contribution in [0.25, 0.3) is 10.1 Å². The number of ketones is 1. The second kappa shape index (κ2) is 4.30. The highest BCUT2D eigenvalue weighted by molar-refractivity contribution is 7.21. The summed E-state index contributed by atoms with van der Waals surface area (Å²) >= 11 is 2.90. The van der Waals surface area contributed by atoms with E-state index in [2.05, 4.69) is 0 Å². The lowest BCUT2D eigenvalue weighted by atomic mass is 10.1. The number of rotatable bonds is 2. The van der Waals surface area contributed by atoms with Gasteiger partial charge in [0.25, 0.3) is 0 Å². The van der Waals surface area contributed by atoms with Crippen molar-refractivity contribution in [1.29, 1.82) is 0 Å². The Balaban J connectivity index is 2.06. The van der Waals surface area contributed by atoms with Crippen molar-refractivity contribution in [3.8, 4) is 0 Å². The summed E-state index contributed by atoms with van der Waals surface area (Å²) in [5, 5.41) is 2.78. The van der Waals surface area contributed by atoms with Gasteiger partial charge in [-0.2, -0.15) is 0 Å². The number of fused-ring (bicyclic) bond motifs is 1. The fourth-order valence-electron chi connectivity index (χ4n) is 1.82. The fourth-order valence-corrected chi connectivity index (χ4v) is 3.55. The van der Waals surface area contributed by atoms with Crippen molar-refractivity contribution in [2.45, 2.75) is 6.92 Å². The normalized spacial score (nSPS) is 11.0. The van der Waals surface area contributed by atoms with Gasteiger partial charge in [-0.25, -0.2) is 4.39 Å². The smallest absolute Gasteiger partial charge is 0.203 e. The molecule has 0 unspecified atom stereocenters. The maximum Gasteiger partial charge on any atom is 0.203 e. The monoisotopic (exact) mass is 276 g/mol. The van der Waals surface area contributed by atoms with Crippen molar-refractivity contribution >= 4 is 38.5 Å². The molecule has 3 rings (SSSR count). The molecule has 0 spiro atoms. The zero-order valence-corrected chi connectivity index (χ0v) is 11.2. The van der Waals surface area contributed by atoms with Crippen LogP contribution in [0.2, 0.25) is 0 Å². The van der Waals surface area contributed by atoms with Crippen LogP contribution in [0.1, 0.15) is 20.1 Å². The molecule has 0 radical (unpaired) electrons. The van der Waals surface area contributed by atoms with E-state index in [0.29, 0.717) is 10.4 Å². The Kier molecular flexibility index (Phi) is 2.76. The van der Waals surface area contributed by atoms with Crippen LogP contribution < -0.4 is 0 Å². The second-order valence-corrected chi connectivity index (χ2v) is 6.27. The number of thiophene rings is 2. The quantitative estimate of drug-likeness (QED) is 0.623. The summed E-state index contributed by atoms with van der Waals surface area (Å²) in [6.45, 7) is 1.97. The largest absolute Gasteiger partial charge is 0.288 e. The Bertz CT molecular complexity index is 739. The molecule has 90 valence electrons. The van der Waals surface area contributed by atoms with Crippen molar-refractivity contribution < 1.29 is 9.18 Å². The first-order chi connectivity index (χ1) is 8.63. The van der Waals surface area contributed by atoms with Gasteiger partial charge in [0.15, 0.2) is 0 Å². The lowest BCUT2D eigenvalue weighted by molar-refractivity contribution is 0.104. The van der Waals surface area contributed by atoms with Gasteiger partial charge in [-0.15, -0.1) is 22.7 Å². The number of benzene rings is 1. The van der Waals surface area contributed by atoms with Gasteiger partial charge in [0.1, 0.15) is 5.82 Å². The van der Waals surface area contributed by atoms with E-state index in [4.69, 9.17) is 0 Å².